The number of carbonyl (C=O) groups excluding carboxylic acids is 1. The third-order valence-electron chi connectivity index (χ3n) is 3.09. The van der Waals surface area contributed by atoms with Crippen LogP contribution in [0.5, 0.6) is 5.75 Å². The fourth-order valence-corrected chi connectivity index (χ4v) is 1.72. The van der Waals surface area contributed by atoms with E-state index in [4.69, 9.17) is 4.74 Å². The molecule has 0 unspecified atom stereocenters. The number of rotatable bonds is 5. The third kappa shape index (κ3) is 3.39. The van der Waals surface area contributed by atoms with Crippen molar-refractivity contribution in [3.05, 3.63) is 23.3 Å². The van der Waals surface area contributed by atoms with Crippen molar-refractivity contribution >= 4 is 11.7 Å². The lowest BCUT2D eigenvalue weighted by Gasteiger charge is -2.22. The third-order valence-corrected chi connectivity index (χ3v) is 3.09. The highest BCUT2D eigenvalue weighted by atomic mass is 16.5. The van der Waals surface area contributed by atoms with Crippen LogP contribution in [-0.2, 0) is 9.53 Å². The molecule has 100 valence electrons. The molecule has 0 saturated carbocycles. The van der Waals surface area contributed by atoms with E-state index in [0.29, 0.717) is 13.0 Å². The topological polar surface area (TPSA) is 38.8 Å². The molecular weight excluding hydrogens is 230 g/mol. The summed E-state index contributed by atoms with van der Waals surface area (Å²) in [4.78, 5) is 13.1. The average Bonchev–Trinajstić information content (AvgIpc) is 2.37. The molecule has 0 bridgehead atoms. The van der Waals surface area contributed by atoms with E-state index in [-0.39, 0.29) is 5.97 Å². The highest BCUT2D eigenvalue weighted by molar-refractivity contribution is 5.70. The van der Waals surface area contributed by atoms with Gasteiger partial charge in [-0.3, -0.25) is 4.79 Å². The van der Waals surface area contributed by atoms with E-state index in [0.717, 1.165) is 11.4 Å². The summed E-state index contributed by atoms with van der Waals surface area (Å²) in [5.74, 6) is 0.620. The number of nitrogens with zero attached hydrogens (tertiary/aromatic N) is 1. The van der Waals surface area contributed by atoms with Gasteiger partial charge in [0, 0.05) is 13.6 Å². The number of hydrogen-bond acceptors (Lipinski definition) is 4. The molecule has 0 heterocycles. The molecule has 0 aliphatic rings. The van der Waals surface area contributed by atoms with E-state index >= 15 is 0 Å². The highest BCUT2D eigenvalue weighted by Gasteiger charge is 2.11. The molecular formula is C14H21NO3. The molecule has 1 rings (SSSR count). The van der Waals surface area contributed by atoms with E-state index < -0.39 is 0 Å². The number of benzene rings is 1. The molecule has 4 nitrogen and oxygen atoms in total. The summed E-state index contributed by atoms with van der Waals surface area (Å²) in [5.41, 5.74) is 3.39. The van der Waals surface area contributed by atoms with Crippen LogP contribution in [0.4, 0.5) is 5.69 Å². The molecule has 0 fully saturated rings. The van der Waals surface area contributed by atoms with E-state index in [2.05, 4.69) is 24.7 Å². The molecule has 1 aromatic carbocycles. The summed E-state index contributed by atoms with van der Waals surface area (Å²) in [7, 11) is 5.00. The smallest absolute Gasteiger partial charge is 0.307 e. The second kappa shape index (κ2) is 6.28. The molecule has 0 saturated heterocycles. The van der Waals surface area contributed by atoms with Crippen LogP contribution >= 0.6 is 0 Å². The largest absolute Gasteiger partial charge is 0.495 e. The summed E-state index contributed by atoms with van der Waals surface area (Å²) in [5, 5.41) is 0. The van der Waals surface area contributed by atoms with Crippen LogP contribution in [0.1, 0.15) is 17.5 Å². The highest BCUT2D eigenvalue weighted by Crippen LogP contribution is 2.30. The number of anilines is 1. The SMILES string of the molecule is COC(=O)CCN(C)c1cc(C)c(C)cc1OC. The maximum absolute atomic E-state index is 11.1. The van der Waals surface area contributed by atoms with Gasteiger partial charge in [-0.15, -0.1) is 0 Å². The first-order valence-electron chi connectivity index (χ1n) is 5.92. The van der Waals surface area contributed by atoms with Gasteiger partial charge in [-0.1, -0.05) is 0 Å². The number of methoxy groups -OCH3 is 2. The van der Waals surface area contributed by atoms with E-state index in [1.165, 1.54) is 18.2 Å². The van der Waals surface area contributed by atoms with Crippen molar-refractivity contribution in [1.29, 1.82) is 0 Å². The van der Waals surface area contributed by atoms with Crippen LogP contribution in [0.2, 0.25) is 0 Å². The summed E-state index contributed by atoms with van der Waals surface area (Å²) in [6, 6.07) is 4.09. The fraction of sp³-hybridized carbons (Fsp3) is 0.500. The summed E-state index contributed by atoms with van der Waals surface area (Å²) in [6.45, 7) is 4.72. The van der Waals surface area contributed by atoms with Crippen molar-refractivity contribution in [2.45, 2.75) is 20.3 Å². The van der Waals surface area contributed by atoms with Gasteiger partial charge in [0.25, 0.3) is 0 Å². The van der Waals surface area contributed by atoms with Gasteiger partial charge >= 0.3 is 5.97 Å². The Kier molecular flexibility index (Phi) is 5.01. The zero-order chi connectivity index (χ0) is 13.7. The lowest BCUT2D eigenvalue weighted by molar-refractivity contribution is -0.140. The predicted molar refractivity (Wildman–Crippen MR) is 72.4 cm³/mol. The normalized spacial score (nSPS) is 10.1. The van der Waals surface area contributed by atoms with Crippen LogP contribution in [0.3, 0.4) is 0 Å². The van der Waals surface area contributed by atoms with Crippen LogP contribution in [0.15, 0.2) is 12.1 Å². The summed E-state index contributed by atoms with van der Waals surface area (Å²) in [6.07, 6.45) is 0.364. The zero-order valence-electron chi connectivity index (χ0n) is 11.7. The predicted octanol–water partition coefficient (Wildman–Crippen LogP) is 2.31. The Labute approximate surface area is 108 Å². The molecule has 0 aliphatic heterocycles. The minimum Gasteiger partial charge on any atom is -0.495 e. The number of aryl methyl sites for hydroxylation is 2. The minimum absolute atomic E-state index is 0.204. The lowest BCUT2D eigenvalue weighted by Crippen LogP contribution is -2.22. The first-order valence-corrected chi connectivity index (χ1v) is 5.92. The molecule has 4 heteroatoms. The van der Waals surface area contributed by atoms with Crippen LogP contribution < -0.4 is 9.64 Å². The van der Waals surface area contributed by atoms with Gasteiger partial charge in [-0.05, 0) is 37.1 Å². The average molecular weight is 251 g/mol. The van der Waals surface area contributed by atoms with Gasteiger partial charge in [-0.2, -0.15) is 0 Å². The fourth-order valence-electron chi connectivity index (χ4n) is 1.72. The Hall–Kier alpha value is -1.71. The van der Waals surface area contributed by atoms with Gasteiger partial charge in [0.2, 0.25) is 0 Å². The minimum atomic E-state index is -0.204. The number of carbonyl (C=O) groups is 1. The monoisotopic (exact) mass is 251 g/mol. The van der Waals surface area contributed by atoms with Gasteiger partial charge in [0.1, 0.15) is 5.75 Å². The van der Waals surface area contributed by atoms with Crippen molar-refractivity contribution < 1.29 is 14.3 Å². The van der Waals surface area contributed by atoms with Crippen molar-refractivity contribution in [2.75, 3.05) is 32.7 Å². The molecule has 1 aromatic rings. The van der Waals surface area contributed by atoms with Crippen LogP contribution in [-0.4, -0.2) is 33.8 Å². The van der Waals surface area contributed by atoms with Gasteiger partial charge in [-0.25, -0.2) is 0 Å². The Balaban J connectivity index is 2.87. The van der Waals surface area contributed by atoms with Gasteiger partial charge in [0.05, 0.1) is 26.3 Å². The van der Waals surface area contributed by atoms with Crippen molar-refractivity contribution in [2.24, 2.45) is 0 Å². The Morgan fingerprint density at radius 3 is 2.39 bits per heavy atom. The van der Waals surface area contributed by atoms with Crippen molar-refractivity contribution in [3.63, 3.8) is 0 Å². The maximum Gasteiger partial charge on any atom is 0.307 e. The molecule has 0 aromatic heterocycles. The molecule has 0 N–H and O–H groups in total. The molecule has 0 radical (unpaired) electrons. The summed E-state index contributed by atoms with van der Waals surface area (Å²) >= 11 is 0. The quantitative estimate of drug-likeness (QED) is 0.753. The number of hydrogen-bond donors (Lipinski definition) is 0. The van der Waals surface area contributed by atoms with Gasteiger partial charge < -0.3 is 14.4 Å². The van der Waals surface area contributed by atoms with E-state index in [9.17, 15) is 4.79 Å². The van der Waals surface area contributed by atoms with Crippen LogP contribution in [0.25, 0.3) is 0 Å². The number of ether oxygens (including phenoxy) is 2. The Bertz CT molecular complexity index is 429. The van der Waals surface area contributed by atoms with Gasteiger partial charge in [0.15, 0.2) is 0 Å². The van der Waals surface area contributed by atoms with E-state index in [1.807, 2.05) is 18.0 Å². The molecule has 0 amide bonds. The second-order valence-electron chi connectivity index (χ2n) is 4.36. The molecule has 0 aliphatic carbocycles. The second-order valence-corrected chi connectivity index (χ2v) is 4.36. The Morgan fingerprint density at radius 1 is 1.22 bits per heavy atom. The Morgan fingerprint density at radius 2 is 1.83 bits per heavy atom. The maximum atomic E-state index is 11.1. The summed E-state index contributed by atoms with van der Waals surface area (Å²) < 4.78 is 10.0. The molecule has 0 atom stereocenters. The van der Waals surface area contributed by atoms with Crippen molar-refractivity contribution in [1.82, 2.24) is 0 Å². The first kappa shape index (κ1) is 14.4. The van der Waals surface area contributed by atoms with Crippen molar-refractivity contribution in [3.8, 4) is 5.75 Å². The first-order chi connectivity index (χ1) is 8.49. The van der Waals surface area contributed by atoms with Crippen LogP contribution in [0, 0.1) is 13.8 Å². The van der Waals surface area contributed by atoms with E-state index in [1.54, 1.807) is 7.11 Å². The zero-order valence-corrected chi connectivity index (χ0v) is 11.7. The number of esters is 1. The standard InChI is InChI=1S/C14H21NO3/c1-10-8-12(13(17-4)9-11(10)2)15(3)7-6-14(16)18-5/h8-9H,6-7H2,1-5H3. The molecule has 18 heavy (non-hydrogen) atoms. The molecule has 0 spiro atoms. The lowest BCUT2D eigenvalue weighted by atomic mass is 10.1.